The van der Waals surface area contributed by atoms with Crippen molar-refractivity contribution in [1.29, 1.82) is 0 Å². The van der Waals surface area contributed by atoms with Crippen LogP contribution >= 0.6 is 0 Å². The number of rotatable bonds is 5. The van der Waals surface area contributed by atoms with Crippen LogP contribution < -0.4 is 5.73 Å². The molecule has 0 aliphatic carbocycles. The largest absolute Gasteiger partial charge is 0.324 e. The van der Waals surface area contributed by atoms with E-state index in [1.54, 1.807) is 0 Å². The van der Waals surface area contributed by atoms with Gasteiger partial charge in [-0.15, -0.1) is 0 Å². The van der Waals surface area contributed by atoms with Crippen molar-refractivity contribution in [2.24, 2.45) is 5.73 Å². The van der Waals surface area contributed by atoms with Crippen LogP contribution in [0.4, 0.5) is 0 Å². The molecule has 0 spiro atoms. The fourth-order valence-corrected chi connectivity index (χ4v) is 1.07. The van der Waals surface area contributed by atoms with Gasteiger partial charge < -0.3 is 10.6 Å². The molecule has 2 heteroatoms. The smallest absolute Gasteiger partial charge is 0.0252 e. The highest BCUT2D eigenvalue weighted by molar-refractivity contribution is 4.80. The Kier molecular flexibility index (Phi) is 4.69. The lowest BCUT2D eigenvalue weighted by molar-refractivity contribution is 0.232. The summed E-state index contributed by atoms with van der Waals surface area (Å²) in [6, 6.07) is 0. The summed E-state index contributed by atoms with van der Waals surface area (Å²) in [4.78, 5) is 2.36. The molecule has 0 radical (unpaired) electrons. The van der Waals surface area contributed by atoms with Gasteiger partial charge in [0, 0.05) is 12.1 Å². The van der Waals surface area contributed by atoms with Gasteiger partial charge in [-0.2, -0.15) is 0 Å². The van der Waals surface area contributed by atoms with Gasteiger partial charge in [0.25, 0.3) is 0 Å². The molecule has 0 rings (SSSR count). The van der Waals surface area contributed by atoms with E-state index in [4.69, 9.17) is 5.73 Å². The highest BCUT2D eigenvalue weighted by Crippen LogP contribution is 2.06. The molecule has 0 bridgehead atoms. The first-order valence-electron chi connectivity index (χ1n) is 4.57. The summed E-state index contributed by atoms with van der Waals surface area (Å²) in [5.41, 5.74) is 6.02. The van der Waals surface area contributed by atoms with Crippen LogP contribution in [0.3, 0.4) is 0 Å². The first kappa shape index (κ1) is 10.9. The lowest BCUT2D eigenvalue weighted by Gasteiger charge is -2.30. The highest BCUT2D eigenvalue weighted by atomic mass is 15.1. The van der Waals surface area contributed by atoms with Gasteiger partial charge in [-0.3, -0.25) is 0 Å². The van der Waals surface area contributed by atoms with Crippen LogP contribution in [0, 0.1) is 0 Å². The Labute approximate surface area is 70.8 Å². The molecule has 2 N–H and O–H groups in total. The SMILES string of the molecule is CCN(CC)CC(C)(N)CC. The lowest BCUT2D eigenvalue weighted by atomic mass is 10.00. The second-order valence-electron chi connectivity index (χ2n) is 3.47. The minimum atomic E-state index is -0.00792. The third-order valence-corrected chi connectivity index (χ3v) is 2.29. The second-order valence-corrected chi connectivity index (χ2v) is 3.47. The van der Waals surface area contributed by atoms with Crippen molar-refractivity contribution in [3.05, 3.63) is 0 Å². The molecule has 1 atom stereocenters. The van der Waals surface area contributed by atoms with Crippen molar-refractivity contribution in [3.63, 3.8) is 0 Å². The standard InChI is InChI=1S/C9H22N2/c1-5-9(4,10)8-11(6-2)7-3/h5-8,10H2,1-4H3. The summed E-state index contributed by atoms with van der Waals surface area (Å²) in [6.45, 7) is 11.8. The quantitative estimate of drug-likeness (QED) is 0.656. The number of nitrogens with zero attached hydrogens (tertiary/aromatic N) is 1. The summed E-state index contributed by atoms with van der Waals surface area (Å²) in [5, 5.41) is 0. The van der Waals surface area contributed by atoms with Crippen LogP contribution in [0.1, 0.15) is 34.1 Å². The van der Waals surface area contributed by atoms with Gasteiger partial charge >= 0.3 is 0 Å². The van der Waals surface area contributed by atoms with Gasteiger partial charge in [0.15, 0.2) is 0 Å². The van der Waals surface area contributed by atoms with Crippen molar-refractivity contribution in [3.8, 4) is 0 Å². The third-order valence-electron chi connectivity index (χ3n) is 2.29. The van der Waals surface area contributed by atoms with Crippen LogP contribution in [0.2, 0.25) is 0 Å². The summed E-state index contributed by atoms with van der Waals surface area (Å²) < 4.78 is 0. The van der Waals surface area contributed by atoms with E-state index in [-0.39, 0.29) is 5.54 Å². The molecule has 0 aromatic heterocycles. The summed E-state index contributed by atoms with van der Waals surface area (Å²) in [5.74, 6) is 0. The number of hydrogen-bond donors (Lipinski definition) is 1. The van der Waals surface area contributed by atoms with Gasteiger partial charge in [0.2, 0.25) is 0 Å². The molecule has 0 saturated carbocycles. The maximum absolute atomic E-state index is 6.03. The topological polar surface area (TPSA) is 29.3 Å². The fourth-order valence-electron chi connectivity index (χ4n) is 1.07. The number of hydrogen-bond acceptors (Lipinski definition) is 2. The van der Waals surface area contributed by atoms with Gasteiger partial charge in [-0.1, -0.05) is 20.8 Å². The van der Waals surface area contributed by atoms with Gasteiger partial charge in [0.05, 0.1) is 0 Å². The van der Waals surface area contributed by atoms with E-state index in [2.05, 4.69) is 32.6 Å². The normalized spacial score (nSPS) is 16.9. The van der Waals surface area contributed by atoms with E-state index in [0.29, 0.717) is 0 Å². The van der Waals surface area contributed by atoms with E-state index in [0.717, 1.165) is 26.1 Å². The lowest BCUT2D eigenvalue weighted by Crippen LogP contribution is -2.47. The Morgan fingerprint density at radius 1 is 1.18 bits per heavy atom. The van der Waals surface area contributed by atoms with E-state index >= 15 is 0 Å². The predicted molar refractivity (Wildman–Crippen MR) is 50.7 cm³/mol. The maximum Gasteiger partial charge on any atom is 0.0252 e. The monoisotopic (exact) mass is 158 g/mol. The summed E-state index contributed by atoms with van der Waals surface area (Å²) in [6.07, 6.45) is 1.05. The average molecular weight is 158 g/mol. The predicted octanol–water partition coefficient (Wildman–Crippen LogP) is 1.46. The molecule has 0 saturated heterocycles. The zero-order valence-electron chi connectivity index (χ0n) is 8.35. The molecule has 0 amide bonds. The van der Waals surface area contributed by atoms with Gasteiger partial charge in [-0.25, -0.2) is 0 Å². The van der Waals surface area contributed by atoms with Crippen LogP contribution in [0.5, 0.6) is 0 Å². The van der Waals surface area contributed by atoms with Crippen LogP contribution in [-0.2, 0) is 0 Å². The number of likely N-dealkylation sites (N-methyl/N-ethyl adjacent to an activating group) is 1. The summed E-state index contributed by atoms with van der Waals surface area (Å²) >= 11 is 0. The Bertz CT molecular complexity index is 95.7. The average Bonchev–Trinajstić information content (AvgIpc) is 2.00. The molecule has 0 aromatic carbocycles. The Hall–Kier alpha value is -0.0800. The van der Waals surface area contributed by atoms with Gasteiger partial charge in [-0.05, 0) is 26.4 Å². The first-order chi connectivity index (χ1) is 5.05. The van der Waals surface area contributed by atoms with Crippen molar-refractivity contribution in [1.82, 2.24) is 4.90 Å². The molecule has 2 nitrogen and oxygen atoms in total. The van der Waals surface area contributed by atoms with Crippen molar-refractivity contribution in [2.45, 2.75) is 39.7 Å². The van der Waals surface area contributed by atoms with Crippen molar-refractivity contribution >= 4 is 0 Å². The fraction of sp³-hybridized carbons (Fsp3) is 1.00. The molecular weight excluding hydrogens is 136 g/mol. The molecule has 0 aliphatic heterocycles. The molecule has 11 heavy (non-hydrogen) atoms. The molecule has 1 unspecified atom stereocenters. The van der Waals surface area contributed by atoms with Crippen molar-refractivity contribution < 1.29 is 0 Å². The Morgan fingerprint density at radius 3 is 1.91 bits per heavy atom. The minimum Gasteiger partial charge on any atom is -0.324 e. The third kappa shape index (κ3) is 4.38. The Balaban J connectivity index is 3.79. The maximum atomic E-state index is 6.03. The second kappa shape index (κ2) is 4.73. The number of nitrogens with two attached hydrogens (primary N) is 1. The molecule has 0 aromatic rings. The zero-order valence-corrected chi connectivity index (χ0v) is 8.35. The molecule has 0 fully saturated rings. The molecule has 0 aliphatic rings. The minimum absolute atomic E-state index is 0.00792. The van der Waals surface area contributed by atoms with E-state index < -0.39 is 0 Å². The van der Waals surface area contributed by atoms with Crippen LogP contribution in [0.25, 0.3) is 0 Å². The van der Waals surface area contributed by atoms with Crippen LogP contribution in [-0.4, -0.2) is 30.1 Å². The zero-order chi connectivity index (χ0) is 8.91. The molecule has 0 heterocycles. The first-order valence-corrected chi connectivity index (χ1v) is 4.57. The van der Waals surface area contributed by atoms with E-state index in [1.165, 1.54) is 0 Å². The van der Waals surface area contributed by atoms with Gasteiger partial charge in [0.1, 0.15) is 0 Å². The molecule has 68 valence electrons. The van der Waals surface area contributed by atoms with Crippen molar-refractivity contribution in [2.75, 3.05) is 19.6 Å². The highest BCUT2D eigenvalue weighted by Gasteiger charge is 2.17. The van der Waals surface area contributed by atoms with E-state index in [1.807, 2.05) is 0 Å². The van der Waals surface area contributed by atoms with E-state index in [9.17, 15) is 0 Å². The van der Waals surface area contributed by atoms with Crippen LogP contribution in [0.15, 0.2) is 0 Å². The molecular formula is C9H22N2. The Morgan fingerprint density at radius 2 is 1.64 bits per heavy atom. The summed E-state index contributed by atoms with van der Waals surface area (Å²) in [7, 11) is 0.